The summed E-state index contributed by atoms with van der Waals surface area (Å²) in [6.45, 7) is 0.945. The molecule has 0 saturated heterocycles. The van der Waals surface area contributed by atoms with Gasteiger partial charge in [-0.05, 0) is 48.7 Å². The molecule has 7 heteroatoms. The molecule has 0 aromatic heterocycles. The van der Waals surface area contributed by atoms with Crippen LogP contribution in [0.25, 0.3) is 0 Å². The van der Waals surface area contributed by atoms with Gasteiger partial charge in [0, 0.05) is 29.7 Å². The van der Waals surface area contributed by atoms with E-state index in [1.165, 1.54) is 12.1 Å². The van der Waals surface area contributed by atoms with E-state index in [0.29, 0.717) is 18.8 Å². The number of nitrogens with zero attached hydrogens (tertiary/aromatic N) is 1. The van der Waals surface area contributed by atoms with E-state index in [9.17, 15) is 17.6 Å². The van der Waals surface area contributed by atoms with Crippen LogP contribution in [0.4, 0.5) is 23.2 Å². The molecule has 0 N–H and O–H groups in total. The second kappa shape index (κ2) is 8.42. The standard InChI is InChI=1S/C20H21F4NOS/c1-26-16-6-7-17-19(13-16)27-18(14-4-2-5-15(21)12-14)8-11-25(17)10-3-9-20(22,23)24/h2,4-7,12-13,18H,3,8-11H2,1H3/t18-/m1/s1. The Hall–Kier alpha value is -1.89. The Balaban J connectivity index is 1.85. The van der Waals surface area contributed by atoms with E-state index >= 15 is 0 Å². The number of methoxy groups -OCH3 is 1. The first kappa shape index (κ1) is 19.9. The van der Waals surface area contributed by atoms with Crippen LogP contribution in [-0.4, -0.2) is 26.4 Å². The summed E-state index contributed by atoms with van der Waals surface area (Å²) < 4.78 is 56.5. The molecular formula is C20H21F4NOS. The van der Waals surface area contributed by atoms with Crippen LogP contribution in [0, 0.1) is 5.82 Å². The number of benzene rings is 2. The monoisotopic (exact) mass is 399 g/mol. The summed E-state index contributed by atoms with van der Waals surface area (Å²) in [6.07, 6.45) is -4.18. The summed E-state index contributed by atoms with van der Waals surface area (Å²) >= 11 is 1.60. The van der Waals surface area contributed by atoms with Crippen molar-refractivity contribution in [2.24, 2.45) is 0 Å². The molecule has 0 amide bonds. The molecule has 1 atom stereocenters. The van der Waals surface area contributed by atoms with Crippen LogP contribution < -0.4 is 9.64 Å². The minimum atomic E-state index is -4.15. The van der Waals surface area contributed by atoms with Crippen LogP contribution in [0.3, 0.4) is 0 Å². The van der Waals surface area contributed by atoms with Crippen molar-refractivity contribution in [3.63, 3.8) is 0 Å². The Kier molecular flexibility index (Phi) is 6.19. The van der Waals surface area contributed by atoms with E-state index in [2.05, 4.69) is 0 Å². The first-order chi connectivity index (χ1) is 12.9. The second-order valence-corrected chi connectivity index (χ2v) is 7.73. The molecule has 2 aromatic carbocycles. The number of alkyl halides is 3. The van der Waals surface area contributed by atoms with E-state index in [-0.39, 0.29) is 17.5 Å². The third kappa shape index (κ3) is 5.31. The normalized spacial score (nSPS) is 17.4. The van der Waals surface area contributed by atoms with E-state index < -0.39 is 12.6 Å². The van der Waals surface area contributed by atoms with Crippen molar-refractivity contribution in [2.45, 2.75) is 35.6 Å². The zero-order valence-electron chi connectivity index (χ0n) is 14.9. The molecule has 0 bridgehead atoms. The van der Waals surface area contributed by atoms with Crippen molar-refractivity contribution in [3.8, 4) is 5.75 Å². The van der Waals surface area contributed by atoms with Gasteiger partial charge in [-0.25, -0.2) is 4.39 Å². The number of rotatable bonds is 5. The molecule has 2 aromatic rings. The summed E-state index contributed by atoms with van der Waals surface area (Å²) in [5.74, 6) is 0.404. The minimum absolute atomic E-state index is 0.0270. The highest BCUT2D eigenvalue weighted by atomic mass is 32.2. The van der Waals surface area contributed by atoms with Crippen molar-refractivity contribution < 1.29 is 22.3 Å². The van der Waals surface area contributed by atoms with Gasteiger partial charge in [-0.2, -0.15) is 13.2 Å². The van der Waals surface area contributed by atoms with Gasteiger partial charge < -0.3 is 9.64 Å². The predicted molar refractivity (Wildman–Crippen MR) is 100 cm³/mol. The highest BCUT2D eigenvalue weighted by Crippen LogP contribution is 2.46. The lowest BCUT2D eigenvalue weighted by atomic mass is 10.1. The lowest BCUT2D eigenvalue weighted by Crippen LogP contribution is -2.26. The fourth-order valence-electron chi connectivity index (χ4n) is 3.23. The summed E-state index contributed by atoms with van der Waals surface area (Å²) in [4.78, 5) is 2.93. The molecule has 1 aliphatic heterocycles. The maximum atomic E-state index is 13.6. The molecule has 27 heavy (non-hydrogen) atoms. The van der Waals surface area contributed by atoms with Gasteiger partial charge in [0.25, 0.3) is 0 Å². The van der Waals surface area contributed by atoms with Crippen molar-refractivity contribution >= 4 is 17.4 Å². The average Bonchev–Trinajstić information content (AvgIpc) is 2.80. The first-order valence-corrected chi connectivity index (χ1v) is 9.65. The summed E-state index contributed by atoms with van der Waals surface area (Å²) in [5, 5.41) is 0.0270. The molecule has 3 rings (SSSR count). The molecule has 0 spiro atoms. The predicted octanol–water partition coefficient (Wildman–Crippen LogP) is 6.22. The second-order valence-electron chi connectivity index (χ2n) is 6.49. The molecule has 0 radical (unpaired) electrons. The third-order valence-corrected chi connectivity index (χ3v) is 5.92. The Bertz CT molecular complexity index is 781. The third-order valence-electron chi connectivity index (χ3n) is 4.55. The molecule has 0 aliphatic carbocycles. The highest BCUT2D eigenvalue weighted by molar-refractivity contribution is 7.99. The maximum absolute atomic E-state index is 13.6. The van der Waals surface area contributed by atoms with Crippen molar-refractivity contribution in [3.05, 3.63) is 53.8 Å². The van der Waals surface area contributed by atoms with Crippen LogP contribution in [0.15, 0.2) is 47.4 Å². The van der Waals surface area contributed by atoms with Gasteiger partial charge in [-0.1, -0.05) is 12.1 Å². The van der Waals surface area contributed by atoms with E-state index in [1.54, 1.807) is 24.9 Å². The SMILES string of the molecule is COc1ccc2c(c1)S[C@@H](c1cccc(F)c1)CCN2CCCC(F)(F)F. The Labute approximate surface area is 160 Å². The smallest absolute Gasteiger partial charge is 0.389 e. The van der Waals surface area contributed by atoms with Gasteiger partial charge in [0.2, 0.25) is 0 Å². The number of hydrogen-bond acceptors (Lipinski definition) is 3. The minimum Gasteiger partial charge on any atom is -0.497 e. The van der Waals surface area contributed by atoms with E-state index in [1.807, 2.05) is 29.2 Å². The van der Waals surface area contributed by atoms with Crippen LogP contribution >= 0.6 is 11.8 Å². The summed E-state index contributed by atoms with van der Waals surface area (Å²) in [6, 6.07) is 12.1. The summed E-state index contributed by atoms with van der Waals surface area (Å²) in [7, 11) is 1.58. The molecular weight excluding hydrogens is 378 g/mol. The number of ether oxygens (including phenoxy) is 1. The quantitative estimate of drug-likeness (QED) is 0.554. The molecule has 2 nitrogen and oxygen atoms in total. The molecule has 1 aliphatic rings. The van der Waals surface area contributed by atoms with Gasteiger partial charge in [-0.3, -0.25) is 0 Å². The van der Waals surface area contributed by atoms with Crippen LogP contribution in [0.5, 0.6) is 5.75 Å². The maximum Gasteiger partial charge on any atom is 0.389 e. The van der Waals surface area contributed by atoms with Gasteiger partial charge >= 0.3 is 6.18 Å². The molecule has 146 valence electrons. The number of fused-ring (bicyclic) bond motifs is 1. The largest absolute Gasteiger partial charge is 0.497 e. The number of anilines is 1. The fraction of sp³-hybridized carbons (Fsp3) is 0.400. The highest BCUT2D eigenvalue weighted by Gasteiger charge is 2.28. The average molecular weight is 399 g/mol. The lowest BCUT2D eigenvalue weighted by Gasteiger charge is -2.25. The molecule has 1 heterocycles. The van der Waals surface area contributed by atoms with Crippen LogP contribution in [0.1, 0.15) is 30.1 Å². The Morgan fingerprint density at radius 3 is 2.70 bits per heavy atom. The topological polar surface area (TPSA) is 12.5 Å². The molecule has 0 unspecified atom stereocenters. The zero-order chi connectivity index (χ0) is 19.4. The van der Waals surface area contributed by atoms with Crippen molar-refractivity contribution in [1.82, 2.24) is 0 Å². The van der Waals surface area contributed by atoms with Gasteiger partial charge in [0.15, 0.2) is 0 Å². The Morgan fingerprint density at radius 1 is 1.19 bits per heavy atom. The molecule has 0 fully saturated rings. The number of thioether (sulfide) groups is 1. The van der Waals surface area contributed by atoms with E-state index in [4.69, 9.17) is 4.74 Å². The van der Waals surface area contributed by atoms with Gasteiger partial charge in [-0.15, -0.1) is 11.8 Å². The lowest BCUT2D eigenvalue weighted by molar-refractivity contribution is -0.135. The fourth-order valence-corrected chi connectivity index (χ4v) is 4.54. The first-order valence-electron chi connectivity index (χ1n) is 8.77. The number of halogens is 4. The van der Waals surface area contributed by atoms with Gasteiger partial charge in [0.05, 0.1) is 12.8 Å². The van der Waals surface area contributed by atoms with Gasteiger partial charge in [0.1, 0.15) is 11.6 Å². The molecule has 0 saturated carbocycles. The number of hydrogen-bond donors (Lipinski definition) is 0. The van der Waals surface area contributed by atoms with Crippen LogP contribution in [0.2, 0.25) is 0 Å². The summed E-state index contributed by atoms with van der Waals surface area (Å²) in [5.41, 5.74) is 1.78. The Morgan fingerprint density at radius 2 is 2.00 bits per heavy atom. The van der Waals surface area contributed by atoms with E-state index in [0.717, 1.165) is 22.6 Å². The van der Waals surface area contributed by atoms with Crippen molar-refractivity contribution in [2.75, 3.05) is 25.1 Å². The van der Waals surface area contributed by atoms with Crippen LogP contribution in [-0.2, 0) is 0 Å². The zero-order valence-corrected chi connectivity index (χ0v) is 15.7. The van der Waals surface area contributed by atoms with Crippen molar-refractivity contribution in [1.29, 1.82) is 0 Å².